The Labute approximate surface area is 71.4 Å². The first kappa shape index (κ1) is 8.62. The van der Waals surface area contributed by atoms with Gasteiger partial charge >= 0.3 is 0 Å². The second kappa shape index (κ2) is 4.42. The van der Waals surface area contributed by atoms with Gasteiger partial charge in [-0.2, -0.15) is 0 Å². The summed E-state index contributed by atoms with van der Waals surface area (Å²) in [6, 6.07) is 8.25. The largest absolute Gasteiger partial charge is 0.396 e. The fourth-order valence-electron chi connectivity index (χ4n) is 0.957. The Kier molecular flexibility index (Phi) is 3.46. The number of aliphatic hydroxyl groups is 1. The van der Waals surface area contributed by atoms with Crippen molar-refractivity contribution >= 4 is 11.8 Å². The number of benzene rings is 1. The lowest BCUT2D eigenvalue weighted by atomic mass is 10.2. The second-order valence-corrected chi connectivity index (χ2v) is 3.20. The van der Waals surface area contributed by atoms with E-state index in [4.69, 9.17) is 5.11 Å². The predicted molar refractivity (Wildman–Crippen MR) is 49.0 cm³/mol. The van der Waals surface area contributed by atoms with E-state index in [1.54, 1.807) is 11.8 Å². The zero-order valence-electron chi connectivity index (χ0n) is 6.58. The Balaban J connectivity index is 2.74. The van der Waals surface area contributed by atoms with Crippen LogP contribution in [0.4, 0.5) is 0 Å². The second-order valence-electron chi connectivity index (χ2n) is 2.33. The molecule has 0 saturated carbocycles. The fraction of sp³-hybridized carbons (Fsp3) is 0.333. The summed E-state index contributed by atoms with van der Waals surface area (Å²) in [5, 5.41) is 8.68. The Bertz CT molecular complexity index is 223. The van der Waals surface area contributed by atoms with Crippen molar-refractivity contribution in [3.8, 4) is 0 Å². The minimum absolute atomic E-state index is 0.234. The number of rotatable bonds is 3. The van der Waals surface area contributed by atoms with E-state index in [0.29, 0.717) is 0 Å². The average Bonchev–Trinajstić information content (AvgIpc) is 2.06. The van der Waals surface area contributed by atoms with Crippen molar-refractivity contribution in [1.29, 1.82) is 0 Å². The Morgan fingerprint density at radius 1 is 1.45 bits per heavy atom. The van der Waals surface area contributed by atoms with Crippen LogP contribution in [0.3, 0.4) is 0 Å². The van der Waals surface area contributed by atoms with Gasteiger partial charge in [-0.05, 0) is 30.4 Å². The van der Waals surface area contributed by atoms with Crippen LogP contribution in [0.2, 0.25) is 0 Å². The number of hydrogen-bond acceptors (Lipinski definition) is 2. The molecule has 0 bridgehead atoms. The number of thioether (sulfide) groups is 1. The van der Waals surface area contributed by atoms with Gasteiger partial charge in [0.05, 0.1) is 0 Å². The molecule has 0 spiro atoms. The van der Waals surface area contributed by atoms with Gasteiger partial charge in [0, 0.05) is 11.5 Å². The highest BCUT2D eigenvalue weighted by Gasteiger charge is 1.92. The van der Waals surface area contributed by atoms with Crippen LogP contribution in [0.25, 0.3) is 0 Å². The van der Waals surface area contributed by atoms with Gasteiger partial charge in [-0.1, -0.05) is 12.1 Å². The van der Waals surface area contributed by atoms with E-state index in [1.807, 2.05) is 12.1 Å². The van der Waals surface area contributed by atoms with Crippen LogP contribution >= 0.6 is 11.8 Å². The lowest BCUT2D eigenvalue weighted by molar-refractivity contribution is 0.299. The highest BCUT2D eigenvalue weighted by Crippen LogP contribution is 2.15. The van der Waals surface area contributed by atoms with Gasteiger partial charge in [-0.3, -0.25) is 0 Å². The Morgan fingerprint density at radius 2 is 2.27 bits per heavy atom. The molecule has 0 saturated heterocycles. The monoisotopic (exact) mass is 168 g/mol. The van der Waals surface area contributed by atoms with Crippen LogP contribution in [-0.2, 0) is 6.42 Å². The summed E-state index contributed by atoms with van der Waals surface area (Å²) in [7, 11) is 0. The van der Waals surface area contributed by atoms with Gasteiger partial charge in [0.15, 0.2) is 0 Å². The van der Waals surface area contributed by atoms with Crippen molar-refractivity contribution in [1.82, 2.24) is 0 Å². The Morgan fingerprint density at radius 3 is 2.91 bits per heavy atom. The molecule has 1 nitrogen and oxygen atoms in total. The predicted octanol–water partition coefficient (Wildman–Crippen LogP) is 1.94. The molecule has 60 valence electrons. The number of hydrogen-bond donors (Lipinski definition) is 1. The molecule has 11 heavy (non-hydrogen) atoms. The summed E-state index contributed by atoms with van der Waals surface area (Å²) in [5.74, 6) is 0. The smallest absolute Gasteiger partial charge is 0.0471 e. The SMILES string of the molecule is CSc1cccc(CCO)c1. The van der Waals surface area contributed by atoms with Gasteiger partial charge in [-0.15, -0.1) is 11.8 Å². The molecule has 1 rings (SSSR count). The van der Waals surface area contributed by atoms with Crippen molar-refractivity contribution < 1.29 is 5.11 Å². The molecule has 0 atom stereocenters. The third-order valence-electron chi connectivity index (χ3n) is 1.53. The summed E-state index contributed by atoms with van der Waals surface area (Å²) in [6.45, 7) is 0.234. The Hall–Kier alpha value is -0.470. The zero-order valence-corrected chi connectivity index (χ0v) is 7.40. The van der Waals surface area contributed by atoms with Gasteiger partial charge in [0.2, 0.25) is 0 Å². The zero-order chi connectivity index (χ0) is 8.10. The van der Waals surface area contributed by atoms with Crippen molar-refractivity contribution in [2.24, 2.45) is 0 Å². The molecule has 0 amide bonds. The maximum atomic E-state index is 8.68. The normalized spacial score (nSPS) is 10.0. The molecule has 0 aliphatic rings. The van der Waals surface area contributed by atoms with E-state index in [1.165, 1.54) is 10.5 Å². The van der Waals surface area contributed by atoms with Gasteiger partial charge in [0.1, 0.15) is 0 Å². The highest BCUT2D eigenvalue weighted by atomic mass is 32.2. The first-order chi connectivity index (χ1) is 5.36. The molecule has 0 aliphatic heterocycles. The maximum Gasteiger partial charge on any atom is 0.0471 e. The summed E-state index contributed by atoms with van der Waals surface area (Å²) < 4.78 is 0. The molecular formula is C9H12OS. The molecule has 0 radical (unpaired) electrons. The van der Waals surface area contributed by atoms with Crippen LogP contribution in [-0.4, -0.2) is 18.0 Å². The van der Waals surface area contributed by atoms with Crippen LogP contribution in [0, 0.1) is 0 Å². The van der Waals surface area contributed by atoms with Crippen molar-refractivity contribution in [2.45, 2.75) is 11.3 Å². The molecular weight excluding hydrogens is 156 g/mol. The maximum absolute atomic E-state index is 8.68. The van der Waals surface area contributed by atoms with Crippen LogP contribution in [0.5, 0.6) is 0 Å². The van der Waals surface area contributed by atoms with E-state index in [-0.39, 0.29) is 6.61 Å². The third-order valence-corrected chi connectivity index (χ3v) is 2.26. The molecule has 2 heteroatoms. The first-order valence-corrected chi connectivity index (χ1v) is 4.83. The lowest BCUT2D eigenvalue weighted by Gasteiger charge is -1.99. The number of aliphatic hydroxyl groups excluding tert-OH is 1. The molecule has 0 aromatic heterocycles. The molecule has 1 N–H and O–H groups in total. The summed E-state index contributed by atoms with van der Waals surface area (Å²) in [5.41, 5.74) is 1.21. The van der Waals surface area contributed by atoms with E-state index < -0.39 is 0 Å². The van der Waals surface area contributed by atoms with Gasteiger partial charge < -0.3 is 5.11 Å². The van der Waals surface area contributed by atoms with Crippen molar-refractivity contribution in [3.05, 3.63) is 29.8 Å². The van der Waals surface area contributed by atoms with Crippen LogP contribution < -0.4 is 0 Å². The van der Waals surface area contributed by atoms with Gasteiger partial charge in [0.25, 0.3) is 0 Å². The molecule has 0 heterocycles. The lowest BCUT2D eigenvalue weighted by Crippen LogP contribution is -1.89. The van der Waals surface area contributed by atoms with Crippen molar-refractivity contribution in [2.75, 3.05) is 12.9 Å². The van der Waals surface area contributed by atoms with E-state index in [2.05, 4.69) is 18.4 Å². The molecule has 0 fully saturated rings. The quantitative estimate of drug-likeness (QED) is 0.696. The van der Waals surface area contributed by atoms with E-state index in [9.17, 15) is 0 Å². The molecule has 1 aromatic carbocycles. The molecule has 0 unspecified atom stereocenters. The summed E-state index contributed by atoms with van der Waals surface area (Å²) >= 11 is 1.73. The standard InChI is InChI=1S/C9H12OS/c1-11-9-4-2-3-8(7-9)5-6-10/h2-4,7,10H,5-6H2,1H3. The topological polar surface area (TPSA) is 20.2 Å². The molecule has 0 aliphatic carbocycles. The minimum atomic E-state index is 0.234. The highest BCUT2D eigenvalue weighted by molar-refractivity contribution is 7.98. The average molecular weight is 168 g/mol. The fourth-order valence-corrected chi connectivity index (χ4v) is 1.44. The van der Waals surface area contributed by atoms with Gasteiger partial charge in [-0.25, -0.2) is 0 Å². The minimum Gasteiger partial charge on any atom is -0.396 e. The van der Waals surface area contributed by atoms with E-state index in [0.717, 1.165) is 6.42 Å². The van der Waals surface area contributed by atoms with E-state index >= 15 is 0 Å². The third kappa shape index (κ3) is 2.56. The van der Waals surface area contributed by atoms with Crippen molar-refractivity contribution in [3.63, 3.8) is 0 Å². The first-order valence-electron chi connectivity index (χ1n) is 3.60. The summed E-state index contributed by atoms with van der Waals surface area (Å²) in [6.07, 6.45) is 2.81. The molecule has 1 aromatic rings. The van der Waals surface area contributed by atoms with Crippen LogP contribution in [0.1, 0.15) is 5.56 Å². The summed E-state index contributed by atoms with van der Waals surface area (Å²) in [4.78, 5) is 1.26. The van der Waals surface area contributed by atoms with Crippen LogP contribution in [0.15, 0.2) is 29.2 Å².